The Labute approximate surface area is 105 Å². The Bertz CT molecular complexity index is 352. The Morgan fingerprint density at radius 1 is 1.41 bits per heavy atom. The van der Waals surface area contributed by atoms with E-state index >= 15 is 0 Å². The van der Waals surface area contributed by atoms with Gasteiger partial charge >= 0.3 is 0 Å². The number of hydrogen-bond acceptors (Lipinski definition) is 4. The Balaban J connectivity index is 0.000000181. The Morgan fingerprint density at radius 3 is 2.41 bits per heavy atom. The summed E-state index contributed by atoms with van der Waals surface area (Å²) in [5.74, 6) is 0.0988. The minimum atomic E-state index is -0.209. The van der Waals surface area contributed by atoms with Crippen molar-refractivity contribution in [2.24, 2.45) is 5.92 Å². The standard InChI is InChI=1S/C8H8O2.C4H6ClNO/c9-7-10-6-8-4-2-1-3-5-8;5-4(7)3-1-6-2-3/h1-5,7H,6H2;3,6H,1-2H2. The summed E-state index contributed by atoms with van der Waals surface area (Å²) in [6, 6.07) is 9.55. The van der Waals surface area contributed by atoms with Crippen LogP contribution in [0.5, 0.6) is 0 Å². The van der Waals surface area contributed by atoms with Gasteiger partial charge in [0.05, 0.1) is 5.92 Å². The maximum Gasteiger partial charge on any atom is 0.293 e. The van der Waals surface area contributed by atoms with Gasteiger partial charge in [0.2, 0.25) is 5.24 Å². The lowest BCUT2D eigenvalue weighted by atomic mass is 10.1. The van der Waals surface area contributed by atoms with Crippen LogP contribution in [0.1, 0.15) is 5.56 Å². The molecule has 1 aliphatic rings. The third kappa shape index (κ3) is 5.47. The van der Waals surface area contributed by atoms with Gasteiger partial charge in [-0.25, -0.2) is 0 Å². The van der Waals surface area contributed by atoms with Crippen molar-refractivity contribution in [2.75, 3.05) is 13.1 Å². The van der Waals surface area contributed by atoms with Crippen molar-refractivity contribution >= 4 is 23.3 Å². The average Bonchev–Trinajstić information content (AvgIpc) is 2.25. The van der Waals surface area contributed by atoms with E-state index in [2.05, 4.69) is 10.1 Å². The van der Waals surface area contributed by atoms with Gasteiger partial charge in [-0.2, -0.15) is 0 Å². The average molecular weight is 256 g/mol. The van der Waals surface area contributed by atoms with Crippen molar-refractivity contribution in [3.8, 4) is 0 Å². The summed E-state index contributed by atoms with van der Waals surface area (Å²) in [6.07, 6.45) is 0. The third-order valence-electron chi connectivity index (χ3n) is 2.26. The molecule has 5 heteroatoms. The zero-order valence-corrected chi connectivity index (χ0v) is 10.0. The lowest BCUT2D eigenvalue weighted by Crippen LogP contribution is -2.45. The van der Waals surface area contributed by atoms with E-state index in [0.717, 1.165) is 18.7 Å². The summed E-state index contributed by atoms with van der Waals surface area (Å²) < 4.78 is 4.54. The zero-order valence-electron chi connectivity index (χ0n) is 9.27. The first-order valence-corrected chi connectivity index (χ1v) is 5.61. The molecule has 1 aliphatic heterocycles. The van der Waals surface area contributed by atoms with Crippen LogP contribution < -0.4 is 5.32 Å². The van der Waals surface area contributed by atoms with Crippen molar-refractivity contribution in [1.29, 1.82) is 0 Å². The van der Waals surface area contributed by atoms with E-state index in [-0.39, 0.29) is 11.2 Å². The van der Waals surface area contributed by atoms with Crippen LogP contribution in [0.15, 0.2) is 30.3 Å². The topological polar surface area (TPSA) is 55.4 Å². The Hall–Kier alpha value is -1.39. The fourth-order valence-corrected chi connectivity index (χ4v) is 1.31. The predicted molar refractivity (Wildman–Crippen MR) is 64.5 cm³/mol. The second kappa shape index (κ2) is 7.81. The van der Waals surface area contributed by atoms with E-state index in [1.165, 1.54) is 0 Å². The summed E-state index contributed by atoms with van der Waals surface area (Å²) in [5, 5.41) is 2.73. The van der Waals surface area contributed by atoms with E-state index < -0.39 is 0 Å². The van der Waals surface area contributed by atoms with Crippen LogP contribution in [0, 0.1) is 5.92 Å². The lowest BCUT2D eigenvalue weighted by molar-refractivity contribution is -0.129. The molecule has 0 bridgehead atoms. The molecule has 1 aromatic carbocycles. The van der Waals surface area contributed by atoms with Gasteiger partial charge in [0, 0.05) is 13.1 Å². The number of carbonyl (C=O) groups excluding carboxylic acids is 2. The lowest BCUT2D eigenvalue weighted by Gasteiger charge is -2.22. The summed E-state index contributed by atoms with van der Waals surface area (Å²) in [4.78, 5) is 19.9. The second-order valence-electron chi connectivity index (χ2n) is 3.55. The van der Waals surface area contributed by atoms with Crippen LogP contribution in [-0.2, 0) is 20.9 Å². The summed E-state index contributed by atoms with van der Waals surface area (Å²) in [5.41, 5.74) is 1.01. The number of hydrogen-bond donors (Lipinski definition) is 1. The van der Waals surface area contributed by atoms with Crippen molar-refractivity contribution < 1.29 is 14.3 Å². The van der Waals surface area contributed by atoms with Crippen LogP contribution in [0.3, 0.4) is 0 Å². The number of halogens is 1. The fraction of sp³-hybridized carbons (Fsp3) is 0.333. The summed E-state index contributed by atoms with van der Waals surface area (Å²) >= 11 is 5.10. The number of ether oxygens (including phenoxy) is 1. The third-order valence-corrected chi connectivity index (χ3v) is 2.57. The zero-order chi connectivity index (χ0) is 12.5. The van der Waals surface area contributed by atoms with Gasteiger partial charge in [-0.1, -0.05) is 30.3 Å². The van der Waals surface area contributed by atoms with Crippen molar-refractivity contribution in [3.63, 3.8) is 0 Å². The van der Waals surface area contributed by atoms with Gasteiger partial charge in [0.15, 0.2) is 0 Å². The predicted octanol–water partition coefficient (Wildman–Crippen LogP) is 1.33. The largest absolute Gasteiger partial charge is 0.463 e. The highest BCUT2D eigenvalue weighted by molar-refractivity contribution is 6.64. The quantitative estimate of drug-likeness (QED) is 0.652. The molecule has 0 spiro atoms. The van der Waals surface area contributed by atoms with Gasteiger partial charge in [0.1, 0.15) is 6.61 Å². The smallest absolute Gasteiger partial charge is 0.293 e. The number of benzene rings is 1. The monoisotopic (exact) mass is 255 g/mol. The van der Waals surface area contributed by atoms with Crippen LogP contribution in [0.2, 0.25) is 0 Å². The molecule has 0 saturated carbocycles. The van der Waals surface area contributed by atoms with E-state index in [1.54, 1.807) is 0 Å². The van der Waals surface area contributed by atoms with Crippen LogP contribution in [0.4, 0.5) is 0 Å². The first-order chi connectivity index (χ1) is 8.24. The first kappa shape index (κ1) is 13.7. The first-order valence-electron chi connectivity index (χ1n) is 5.23. The van der Waals surface area contributed by atoms with Crippen molar-refractivity contribution in [2.45, 2.75) is 6.61 Å². The highest BCUT2D eigenvalue weighted by atomic mass is 35.5. The molecule has 0 amide bonds. The van der Waals surface area contributed by atoms with E-state index in [1.807, 2.05) is 30.3 Å². The molecular formula is C12H14ClNO3. The van der Waals surface area contributed by atoms with Gasteiger partial charge in [0.25, 0.3) is 6.47 Å². The molecule has 0 aromatic heterocycles. The number of rotatable bonds is 4. The molecule has 17 heavy (non-hydrogen) atoms. The van der Waals surface area contributed by atoms with Gasteiger partial charge in [-0.15, -0.1) is 0 Å². The maximum absolute atomic E-state index is 10.2. The second-order valence-corrected chi connectivity index (χ2v) is 3.92. The molecule has 0 aliphatic carbocycles. The summed E-state index contributed by atoms with van der Waals surface area (Å²) in [6.45, 7) is 2.35. The van der Waals surface area contributed by atoms with Gasteiger partial charge in [-0.05, 0) is 17.2 Å². The normalized spacial score (nSPS) is 13.9. The molecule has 92 valence electrons. The van der Waals surface area contributed by atoms with Gasteiger partial charge < -0.3 is 10.1 Å². The molecule has 1 saturated heterocycles. The van der Waals surface area contributed by atoms with Crippen molar-refractivity contribution in [3.05, 3.63) is 35.9 Å². The molecule has 0 atom stereocenters. The Kier molecular flexibility index (Phi) is 6.29. The fourth-order valence-electron chi connectivity index (χ4n) is 1.15. The molecule has 4 nitrogen and oxygen atoms in total. The maximum atomic E-state index is 10.2. The Morgan fingerprint density at radius 2 is 2.06 bits per heavy atom. The molecule has 2 rings (SSSR count). The molecule has 0 radical (unpaired) electrons. The minimum Gasteiger partial charge on any atom is -0.463 e. The molecular weight excluding hydrogens is 242 g/mol. The number of carbonyl (C=O) groups is 2. The molecule has 1 fully saturated rings. The molecule has 0 unspecified atom stereocenters. The highest BCUT2D eigenvalue weighted by Crippen LogP contribution is 2.05. The summed E-state index contributed by atoms with van der Waals surface area (Å²) in [7, 11) is 0. The highest BCUT2D eigenvalue weighted by Gasteiger charge is 2.22. The molecule has 1 N–H and O–H groups in total. The van der Waals surface area contributed by atoms with E-state index in [0.29, 0.717) is 13.1 Å². The SMILES string of the molecule is O=C(Cl)C1CNC1.O=COCc1ccccc1. The van der Waals surface area contributed by atoms with Crippen LogP contribution >= 0.6 is 11.6 Å². The minimum absolute atomic E-state index is 0.0988. The number of nitrogens with one attached hydrogen (secondary N) is 1. The van der Waals surface area contributed by atoms with Crippen molar-refractivity contribution in [1.82, 2.24) is 5.32 Å². The van der Waals surface area contributed by atoms with Crippen LogP contribution in [-0.4, -0.2) is 24.8 Å². The van der Waals surface area contributed by atoms with Crippen LogP contribution in [0.25, 0.3) is 0 Å². The van der Waals surface area contributed by atoms with E-state index in [4.69, 9.17) is 11.6 Å². The molecule has 1 aromatic rings. The van der Waals surface area contributed by atoms with Gasteiger partial charge in [-0.3, -0.25) is 9.59 Å². The van der Waals surface area contributed by atoms with E-state index in [9.17, 15) is 9.59 Å². The molecule has 1 heterocycles.